The molecule has 0 saturated heterocycles. The van der Waals surface area contributed by atoms with E-state index in [1.165, 1.54) is 0 Å². The Kier molecular flexibility index (Phi) is 10.2. The van der Waals surface area contributed by atoms with Crippen LogP contribution in [-0.2, 0) is 19.0 Å². The zero-order chi connectivity index (χ0) is 35.5. The molecule has 4 nitrogen and oxygen atoms in total. The summed E-state index contributed by atoms with van der Waals surface area (Å²) in [6, 6.07) is 0. The van der Waals surface area contributed by atoms with Gasteiger partial charge in [0.05, 0.1) is 0 Å². The molecule has 0 aliphatic carbocycles. The zero-order valence-electron chi connectivity index (χ0n) is 19.2. The average molecular weight is 700 g/mol. The summed E-state index contributed by atoms with van der Waals surface area (Å²) in [6.45, 7) is -0.288. The number of halogens is 23. The van der Waals surface area contributed by atoms with Crippen LogP contribution >= 0.6 is 0 Å². The maximum atomic E-state index is 14.2. The maximum absolute atomic E-state index is 14.2. The van der Waals surface area contributed by atoms with Gasteiger partial charge in [0.2, 0.25) is 0 Å². The first-order valence-electron chi connectivity index (χ1n) is 9.32. The molecule has 0 bridgehead atoms. The highest BCUT2D eigenvalue weighted by atomic mass is 19.4. The first-order valence-corrected chi connectivity index (χ1v) is 9.32. The highest BCUT2D eigenvalue weighted by Crippen LogP contribution is 2.62. The Bertz CT molecular complexity index is 1040. The largest absolute Gasteiger partial charge is 0.460 e. The summed E-state index contributed by atoms with van der Waals surface area (Å²) in [5, 5.41) is 0. The van der Waals surface area contributed by atoms with Crippen LogP contribution in [0.1, 0.15) is 6.92 Å². The second-order valence-electron chi connectivity index (χ2n) is 7.71. The van der Waals surface area contributed by atoms with E-state index in [0.717, 1.165) is 4.74 Å². The zero-order valence-corrected chi connectivity index (χ0v) is 19.2. The fraction of sp³-hybridized carbons (Fsp3) is 0.812. The third-order valence-corrected chi connectivity index (χ3v) is 4.36. The predicted molar refractivity (Wildman–Crippen MR) is 83.5 cm³/mol. The van der Waals surface area contributed by atoms with Gasteiger partial charge in [-0.05, 0) is 6.92 Å². The van der Waals surface area contributed by atoms with E-state index in [1.807, 2.05) is 0 Å². The third-order valence-electron chi connectivity index (χ3n) is 4.36. The lowest BCUT2D eigenvalue weighted by atomic mass is 9.97. The number of rotatable bonds is 12. The highest BCUT2D eigenvalue weighted by Gasteiger charge is 2.93. The monoisotopic (exact) mass is 700 g/mol. The van der Waals surface area contributed by atoms with Crippen molar-refractivity contribution in [3.63, 3.8) is 0 Å². The number of esters is 1. The predicted octanol–water partition coefficient (Wildman–Crippen LogP) is 7.88. The molecule has 0 aromatic heterocycles. The third kappa shape index (κ3) is 6.64. The van der Waals surface area contributed by atoms with Gasteiger partial charge in [-0.3, -0.25) is 9.47 Å². The van der Waals surface area contributed by atoms with Crippen molar-refractivity contribution >= 4 is 5.97 Å². The van der Waals surface area contributed by atoms with Crippen LogP contribution in [0.5, 0.6) is 0 Å². The van der Waals surface area contributed by atoms with Gasteiger partial charge in [0.15, 0.2) is 6.61 Å². The van der Waals surface area contributed by atoms with E-state index in [0.29, 0.717) is 6.92 Å². The van der Waals surface area contributed by atoms with Crippen molar-refractivity contribution in [3.8, 4) is 0 Å². The fourth-order valence-corrected chi connectivity index (χ4v) is 2.00. The molecule has 0 rings (SSSR count). The summed E-state index contributed by atoms with van der Waals surface area (Å²) in [7, 11) is 0. The van der Waals surface area contributed by atoms with Crippen molar-refractivity contribution in [1.29, 1.82) is 0 Å². The molecule has 0 heterocycles. The molecule has 0 aromatic carbocycles. The van der Waals surface area contributed by atoms with Crippen LogP contribution < -0.4 is 0 Å². The molecule has 0 N–H and O–H groups in total. The molecule has 0 aliphatic heterocycles. The fourth-order valence-electron chi connectivity index (χ4n) is 2.00. The van der Waals surface area contributed by atoms with Crippen LogP contribution in [0, 0.1) is 0 Å². The lowest BCUT2D eigenvalue weighted by Crippen LogP contribution is -2.73. The summed E-state index contributed by atoms with van der Waals surface area (Å²) < 4.78 is 309. The van der Waals surface area contributed by atoms with Crippen LogP contribution in [0.3, 0.4) is 0 Å². The van der Waals surface area contributed by atoms with Crippen LogP contribution in [0.4, 0.5) is 101 Å². The normalized spacial score (nSPS) is 18.1. The molecule has 43 heavy (non-hydrogen) atoms. The van der Waals surface area contributed by atoms with E-state index < -0.39 is 84.3 Å². The standard InChI is InChI=1S/C16H7F23O4/c1-4(2)5(40)41-3-6(17,12(27,28)29)42-16(38,39)11(26,14(33,34)35)43-15(36,37)10(24,25)8(20,21)7(18,19)9(22,23)13(30,31)32/h1,3H2,2H3. The Hall–Kier alpha value is -2.48. The summed E-state index contributed by atoms with van der Waals surface area (Å²) >= 11 is 0. The smallest absolute Gasteiger partial charge is 0.456 e. The molecular weight excluding hydrogens is 693 g/mol. The molecule has 0 fully saturated rings. The number of carbonyl (C=O) groups is 1. The molecule has 0 aliphatic rings. The van der Waals surface area contributed by atoms with E-state index in [-0.39, 0.29) is 0 Å². The molecule has 0 radical (unpaired) electrons. The molecule has 0 amide bonds. The average Bonchev–Trinajstić information content (AvgIpc) is 2.73. The number of ether oxygens (including phenoxy) is 3. The molecule has 0 saturated carbocycles. The van der Waals surface area contributed by atoms with Gasteiger partial charge in [-0.1, -0.05) is 6.58 Å². The summed E-state index contributed by atoms with van der Waals surface area (Å²) in [4.78, 5) is 11.0. The first-order chi connectivity index (χ1) is 18.2. The molecule has 0 aromatic rings. The van der Waals surface area contributed by atoms with Gasteiger partial charge in [0.1, 0.15) is 0 Å². The Morgan fingerprint density at radius 1 is 0.512 bits per heavy atom. The van der Waals surface area contributed by atoms with Crippen molar-refractivity contribution in [3.05, 3.63) is 12.2 Å². The lowest BCUT2D eigenvalue weighted by molar-refractivity contribution is -0.555. The van der Waals surface area contributed by atoms with E-state index in [9.17, 15) is 106 Å². The molecule has 2 unspecified atom stereocenters. The number of hydrogen-bond donors (Lipinski definition) is 0. The van der Waals surface area contributed by atoms with Crippen molar-refractivity contribution in [2.45, 2.75) is 73.1 Å². The van der Waals surface area contributed by atoms with Crippen molar-refractivity contribution in [1.82, 2.24) is 0 Å². The number of carbonyl (C=O) groups excluding carboxylic acids is 1. The summed E-state index contributed by atoms with van der Waals surface area (Å²) in [5.41, 5.74) is -1.04. The molecular formula is C16H7F23O4. The van der Waals surface area contributed by atoms with Gasteiger partial charge in [-0.25, -0.2) is 4.79 Å². The van der Waals surface area contributed by atoms with Gasteiger partial charge in [-0.2, -0.15) is 101 Å². The van der Waals surface area contributed by atoms with Gasteiger partial charge in [0.25, 0.3) is 0 Å². The summed E-state index contributed by atoms with van der Waals surface area (Å²) in [6.07, 6.45) is -40.7. The molecule has 27 heteroatoms. The van der Waals surface area contributed by atoms with Gasteiger partial charge >= 0.3 is 72.1 Å². The minimum Gasteiger partial charge on any atom is -0.456 e. The van der Waals surface area contributed by atoms with Gasteiger partial charge in [-0.15, -0.1) is 0 Å². The van der Waals surface area contributed by atoms with E-state index in [1.54, 1.807) is 4.74 Å². The Morgan fingerprint density at radius 3 is 1.19 bits per heavy atom. The van der Waals surface area contributed by atoms with Crippen LogP contribution in [0.25, 0.3) is 0 Å². The van der Waals surface area contributed by atoms with E-state index >= 15 is 0 Å². The Morgan fingerprint density at radius 2 is 0.884 bits per heavy atom. The lowest BCUT2D eigenvalue weighted by Gasteiger charge is -2.42. The van der Waals surface area contributed by atoms with Crippen molar-refractivity contribution < 1.29 is 120 Å². The minimum absolute atomic E-state index is 0.529. The summed E-state index contributed by atoms with van der Waals surface area (Å²) in [5.74, 6) is -53.0. The molecule has 2 atom stereocenters. The topological polar surface area (TPSA) is 44.8 Å². The van der Waals surface area contributed by atoms with Crippen LogP contribution in [0.2, 0.25) is 0 Å². The highest BCUT2D eigenvalue weighted by molar-refractivity contribution is 5.86. The van der Waals surface area contributed by atoms with E-state index in [4.69, 9.17) is 0 Å². The first kappa shape index (κ1) is 40.5. The van der Waals surface area contributed by atoms with Crippen molar-refractivity contribution in [2.75, 3.05) is 6.61 Å². The quantitative estimate of drug-likeness (QED) is 0.118. The van der Waals surface area contributed by atoms with Crippen molar-refractivity contribution in [2.24, 2.45) is 0 Å². The van der Waals surface area contributed by atoms with E-state index in [2.05, 4.69) is 11.3 Å². The maximum Gasteiger partial charge on any atom is 0.460 e. The number of hydrogen-bond acceptors (Lipinski definition) is 4. The van der Waals surface area contributed by atoms with Crippen LogP contribution in [-0.4, -0.2) is 78.7 Å². The minimum atomic E-state index is -9.06. The SMILES string of the molecule is C=C(C)C(=O)OCC(F)(OC(F)(F)C(F)(OC(F)(F)C(F)(F)C(F)(F)C(F)(F)C(F)(F)C(F)(F)F)C(F)(F)F)C(F)(F)F. The Labute approximate surface area is 219 Å². The number of alkyl halides is 23. The second kappa shape index (κ2) is 10.8. The van der Waals surface area contributed by atoms with Gasteiger partial charge < -0.3 is 4.74 Å². The molecule has 256 valence electrons. The Balaban J connectivity index is 7.09. The molecule has 0 spiro atoms. The second-order valence-corrected chi connectivity index (χ2v) is 7.71. The van der Waals surface area contributed by atoms with Gasteiger partial charge in [0, 0.05) is 5.57 Å². The van der Waals surface area contributed by atoms with Crippen LogP contribution in [0.15, 0.2) is 12.2 Å².